The standard InChI is InChI=1S/C27H35NO4/c1-26(2)23-17-27(19-31-25(23)22-8-3-4-9-24(22)32-26)10-12-28(13-11-27)18-20-6-5-7-21(16-20)30-15-14-29/h3-9,16,23,25,29H,10-15,17-19H2,1-2H3/t23-,25+/m0/s1. The second-order valence-electron chi connectivity index (χ2n) is 10.3. The van der Waals surface area contributed by atoms with E-state index in [9.17, 15) is 0 Å². The fraction of sp³-hybridized carbons (Fsp3) is 0.556. The first-order valence-corrected chi connectivity index (χ1v) is 11.9. The van der Waals surface area contributed by atoms with Crippen LogP contribution in [0.4, 0.5) is 0 Å². The smallest absolute Gasteiger partial charge is 0.125 e. The minimum Gasteiger partial charge on any atom is -0.491 e. The summed E-state index contributed by atoms with van der Waals surface area (Å²) in [6, 6.07) is 16.6. The molecule has 172 valence electrons. The maximum Gasteiger partial charge on any atom is 0.125 e. The van der Waals surface area contributed by atoms with Crippen molar-refractivity contribution in [3.05, 3.63) is 59.7 Å². The molecule has 0 bridgehead atoms. The maximum absolute atomic E-state index is 8.98. The predicted octanol–water partition coefficient (Wildman–Crippen LogP) is 4.59. The quantitative estimate of drug-likeness (QED) is 0.742. The van der Waals surface area contributed by atoms with Gasteiger partial charge in [0.25, 0.3) is 0 Å². The highest BCUT2D eigenvalue weighted by Gasteiger charge is 2.52. The van der Waals surface area contributed by atoms with Crippen molar-refractivity contribution in [2.75, 3.05) is 32.9 Å². The lowest BCUT2D eigenvalue weighted by Gasteiger charge is -2.54. The number of aliphatic hydroxyl groups excluding tert-OH is 1. The first-order chi connectivity index (χ1) is 15.5. The summed E-state index contributed by atoms with van der Waals surface area (Å²) < 4.78 is 18.6. The molecule has 1 spiro atoms. The number of nitrogens with zero attached hydrogens (tertiary/aromatic N) is 1. The van der Waals surface area contributed by atoms with Crippen LogP contribution in [0.2, 0.25) is 0 Å². The molecule has 0 saturated carbocycles. The number of hydrogen-bond donors (Lipinski definition) is 1. The third-order valence-electron chi connectivity index (χ3n) is 7.66. The van der Waals surface area contributed by atoms with E-state index in [4.69, 9.17) is 19.3 Å². The lowest BCUT2D eigenvalue weighted by Crippen LogP contribution is -2.54. The zero-order valence-corrected chi connectivity index (χ0v) is 19.3. The highest BCUT2D eigenvalue weighted by Crippen LogP contribution is 2.55. The summed E-state index contributed by atoms with van der Waals surface area (Å²) in [6.45, 7) is 8.77. The molecule has 5 nitrogen and oxygen atoms in total. The predicted molar refractivity (Wildman–Crippen MR) is 124 cm³/mol. The summed E-state index contributed by atoms with van der Waals surface area (Å²) >= 11 is 0. The fourth-order valence-electron chi connectivity index (χ4n) is 5.79. The summed E-state index contributed by atoms with van der Waals surface area (Å²) in [5, 5.41) is 8.98. The molecule has 3 aliphatic rings. The van der Waals surface area contributed by atoms with E-state index < -0.39 is 0 Å². The van der Waals surface area contributed by atoms with E-state index in [1.54, 1.807) is 0 Å². The molecule has 2 saturated heterocycles. The number of rotatable bonds is 5. The summed E-state index contributed by atoms with van der Waals surface area (Å²) in [5.74, 6) is 2.18. The molecule has 0 radical (unpaired) electrons. The molecule has 0 unspecified atom stereocenters. The lowest BCUT2D eigenvalue weighted by molar-refractivity contribution is -0.174. The third-order valence-corrected chi connectivity index (χ3v) is 7.66. The Balaban J connectivity index is 1.23. The lowest BCUT2D eigenvalue weighted by atomic mass is 9.64. The van der Waals surface area contributed by atoms with Gasteiger partial charge in [-0.2, -0.15) is 0 Å². The fourth-order valence-corrected chi connectivity index (χ4v) is 5.79. The number of ether oxygens (including phenoxy) is 3. The molecule has 5 rings (SSSR count). The molecule has 0 aliphatic carbocycles. The largest absolute Gasteiger partial charge is 0.491 e. The molecule has 0 aromatic heterocycles. The van der Waals surface area contributed by atoms with Gasteiger partial charge in [-0.25, -0.2) is 0 Å². The van der Waals surface area contributed by atoms with Crippen molar-refractivity contribution in [2.45, 2.75) is 51.4 Å². The minimum atomic E-state index is -0.224. The second-order valence-corrected chi connectivity index (χ2v) is 10.3. The molecule has 2 aromatic carbocycles. The van der Waals surface area contributed by atoms with Crippen LogP contribution in [-0.4, -0.2) is 48.5 Å². The number of aliphatic hydroxyl groups is 1. The van der Waals surface area contributed by atoms with E-state index in [1.807, 2.05) is 18.2 Å². The van der Waals surface area contributed by atoms with Crippen LogP contribution in [0.25, 0.3) is 0 Å². The third kappa shape index (κ3) is 4.26. The van der Waals surface area contributed by atoms with Gasteiger partial charge in [0, 0.05) is 18.0 Å². The molecule has 3 heterocycles. The van der Waals surface area contributed by atoms with Crippen molar-refractivity contribution >= 4 is 0 Å². The van der Waals surface area contributed by atoms with Gasteiger partial charge in [0.15, 0.2) is 0 Å². The van der Waals surface area contributed by atoms with Crippen molar-refractivity contribution in [3.63, 3.8) is 0 Å². The Morgan fingerprint density at radius 3 is 2.72 bits per heavy atom. The van der Waals surface area contributed by atoms with Crippen molar-refractivity contribution in [1.29, 1.82) is 0 Å². The second kappa shape index (κ2) is 8.69. The molecule has 1 N–H and O–H groups in total. The first-order valence-electron chi connectivity index (χ1n) is 11.9. The van der Waals surface area contributed by atoms with E-state index in [0.29, 0.717) is 12.5 Å². The molecule has 32 heavy (non-hydrogen) atoms. The van der Waals surface area contributed by atoms with Crippen LogP contribution in [-0.2, 0) is 11.3 Å². The molecule has 5 heteroatoms. The van der Waals surface area contributed by atoms with Gasteiger partial charge in [0.2, 0.25) is 0 Å². The molecule has 2 atom stereocenters. The average Bonchev–Trinajstić information content (AvgIpc) is 2.80. The zero-order chi connectivity index (χ0) is 22.2. The monoisotopic (exact) mass is 437 g/mol. The van der Waals surface area contributed by atoms with Crippen LogP contribution in [0.5, 0.6) is 11.5 Å². The Hall–Kier alpha value is -2.08. The van der Waals surface area contributed by atoms with Gasteiger partial charge in [-0.05, 0) is 75.4 Å². The van der Waals surface area contributed by atoms with Gasteiger partial charge in [-0.15, -0.1) is 0 Å². The molecule has 0 amide bonds. The van der Waals surface area contributed by atoms with Crippen LogP contribution in [0.3, 0.4) is 0 Å². The van der Waals surface area contributed by atoms with Gasteiger partial charge < -0.3 is 19.3 Å². The van der Waals surface area contributed by atoms with Crippen molar-refractivity contribution < 1.29 is 19.3 Å². The number of hydrogen-bond acceptors (Lipinski definition) is 5. The summed E-state index contributed by atoms with van der Waals surface area (Å²) in [4.78, 5) is 2.54. The van der Waals surface area contributed by atoms with Gasteiger partial charge in [0.1, 0.15) is 23.7 Å². The van der Waals surface area contributed by atoms with E-state index in [1.165, 1.54) is 11.1 Å². The first kappa shape index (κ1) is 21.7. The van der Waals surface area contributed by atoms with Crippen LogP contribution in [0.15, 0.2) is 48.5 Å². The Morgan fingerprint density at radius 2 is 1.91 bits per heavy atom. The molecule has 2 aromatic rings. The summed E-state index contributed by atoms with van der Waals surface area (Å²) in [6.07, 6.45) is 3.63. The topological polar surface area (TPSA) is 51.2 Å². The van der Waals surface area contributed by atoms with Crippen LogP contribution < -0.4 is 9.47 Å². The molecular weight excluding hydrogens is 402 g/mol. The van der Waals surface area contributed by atoms with Crippen LogP contribution >= 0.6 is 0 Å². The van der Waals surface area contributed by atoms with Crippen molar-refractivity contribution in [2.24, 2.45) is 11.3 Å². The van der Waals surface area contributed by atoms with Gasteiger partial charge >= 0.3 is 0 Å². The minimum absolute atomic E-state index is 0.0375. The average molecular weight is 438 g/mol. The van der Waals surface area contributed by atoms with Crippen molar-refractivity contribution in [3.8, 4) is 11.5 Å². The molecule has 3 aliphatic heterocycles. The normalized spacial score (nSPS) is 26.1. The highest BCUT2D eigenvalue weighted by atomic mass is 16.5. The SMILES string of the molecule is CC1(C)Oc2ccccc2[C@H]2OCC3(CCN(Cc4cccc(OCCO)c4)CC3)C[C@@H]21. The Kier molecular flexibility index (Phi) is 5.91. The van der Waals surface area contributed by atoms with Crippen LogP contribution in [0.1, 0.15) is 50.3 Å². The number of para-hydroxylation sites is 1. The Labute approximate surface area is 191 Å². The van der Waals surface area contributed by atoms with Crippen molar-refractivity contribution in [1.82, 2.24) is 4.90 Å². The number of fused-ring (bicyclic) bond motifs is 3. The van der Waals surface area contributed by atoms with E-state index in [0.717, 1.165) is 57.0 Å². The van der Waals surface area contributed by atoms with E-state index >= 15 is 0 Å². The van der Waals surface area contributed by atoms with Gasteiger partial charge in [-0.1, -0.05) is 30.3 Å². The van der Waals surface area contributed by atoms with Gasteiger partial charge in [-0.3, -0.25) is 4.90 Å². The van der Waals surface area contributed by atoms with E-state index in [2.05, 4.69) is 49.1 Å². The Bertz CT molecular complexity index is 935. The number of benzene rings is 2. The Morgan fingerprint density at radius 1 is 1.09 bits per heavy atom. The van der Waals surface area contributed by atoms with Crippen LogP contribution in [0, 0.1) is 11.3 Å². The zero-order valence-electron chi connectivity index (χ0n) is 19.3. The number of piperidine rings is 1. The number of likely N-dealkylation sites (tertiary alicyclic amines) is 1. The molecule has 2 fully saturated rings. The summed E-state index contributed by atoms with van der Waals surface area (Å²) in [5.41, 5.74) is 2.50. The van der Waals surface area contributed by atoms with E-state index in [-0.39, 0.29) is 23.7 Å². The maximum atomic E-state index is 8.98. The highest BCUT2D eigenvalue weighted by molar-refractivity contribution is 5.39. The molecular formula is C27H35NO4. The summed E-state index contributed by atoms with van der Waals surface area (Å²) in [7, 11) is 0. The van der Waals surface area contributed by atoms with Gasteiger partial charge in [0.05, 0.1) is 19.3 Å².